The third-order valence-electron chi connectivity index (χ3n) is 3.83. The zero-order valence-corrected chi connectivity index (χ0v) is 14.0. The van der Waals surface area contributed by atoms with Gasteiger partial charge in [-0.1, -0.05) is 84.1 Å². The summed E-state index contributed by atoms with van der Waals surface area (Å²) in [6.07, 6.45) is 0.774. The smallest absolute Gasteiger partial charge is 0.239 e. The number of thioether (sulfide) groups is 1. The van der Waals surface area contributed by atoms with Crippen molar-refractivity contribution in [2.24, 2.45) is 0 Å². The predicted octanol–water partition coefficient (Wildman–Crippen LogP) is 4.14. The van der Waals surface area contributed by atoms with Gasteiger partial charge in [0.1, 0.15) is 4.32 Å². The molecule has 1 heterocycles. The number of carbonyl (C=O) groups excluding carboxylic acids is 1. The molecule has 2 aromatic rings. The van der Waals surface area contributed by atoms with Crippen LogP contribution in [0.3, 0.4) is 0 Å². The summed E-state index contributed by atoms with van der Waals surface area (Å²) in [6, 6.07) is 18.6. The average Bonchev–Trinajstić information content (AvgIpc) is 2.86. The van der Waals surface area contributed by atoms with E-state index in [1.807, 2.05) is 18.2 Å². The van der Waals surface area contributed by atoms with Crippen molar-refractivity contribution >= 4 is 34.2 Å². The monoisotopic (exact) mass is 327 g/mol. The fourth-order valence-corrected chi connectivity index (χ4v) is 3.81. The Morgan fingerprint density at radius 3 is 2.41 bits per heavy atom. The first-order valence-corrected chi connectivity index (χ1v) is 8.64. The molecule has 1 aliphatic rings. The van der Waals surface area contributed by atoms with E-state index >= 15 is 0 Å². The van der Waals surface area contributed by atoms with E-state index < -0.39 is 0 Å². The van der Waals surface area contributed by atoms with Gasteiger partial charge in [-0.25, -0.2) is 0 Å². The van der Waals surface area contributed by atoms with Gasteiger partial charge >= 0.3 is 0 Å². The Morgan fingerprint density at radius 1 is 1.14 bits per heavy atom. The molecule has 4 heteroatoms. The molecule has 0 radical (unpaired) electrons. The number of nitrogens with zero attached hydrogens (tertiary/aromatic N) is 1. The standard InChI is InChI=1S/C18H17NOS2/c1-13-7-9-15(10-8-13)16(11-14-5-3-2-4-6-14)19-17(20)12-22-18(19)21/h2-10,16H,11-12H2,1H3. The molecule has 1 fully saturated rings. The van der Waals surface area contributed by atoms with Crippen LogP contribution < -0.4 is 0 Å². The van der Waals surface area contributed by atoms with E-state index in [1.165, 1.54) is 22.9 Å². The highest BCUT2D eigenvalue weighted by Crippen LogP contribution is 2.33. The quantitative estimate of drug-likeness (QED) is 0.787. The second-order valence-electron chi connectivity index (χ2n) is 5.43. The van der Waals surface area contributed by atoms with Gasteiger partial charge in [-0.05, 0) is 24.5 Å². The summed E-state index contributed by atoms with van der Waals surface area (Å²) in [4.78, 5) is 14.1. The van der Waals surface area contributed by atoms with Crippen molar-refractivity contribution < 1.29 is 4.79 Å². The molecule has 0 aliphatic carbocycles. The maximum Gasteiger partial charge on any atom is 0.239 e. The summed E-state index contributed by atoms with van der Waals surface area (Å²) in [7, 11) is 0. The van der Waals surface area contributed by atoms with Crippen molar-refractivity contribution in [3.63, 3.8) is 0 Å². The lowest BCUT2D eigenvalue weighted by molar-refractivity contribution is -0.125. The van der Waals surface area contributed by atoms with Crippen LogP contribution in [0.25, 0.3) is 0 Å². The maximum absolute atomic E-state index is 12.3. The predicted molar refractivity (Wildman–Crippen MR) is 96.0 cm³/mol. The van der Waals surface area contributed by atoms with E-state index in [2.05, 4.69) is 43.3 Å². The number of thiocarbonyl (C=S) groups is 1. The molecule has 0 N–H and O–H groups in total. The molecule has 22 heavy (non-hydrogen) atoms. The molecule has 1 unspecified atom stereocenters. The summed E-state index contributed by atoms with van der Waals surface area (Å²) in [5.74, 6) is 0.562. The Labute approximate surface area is 140 Å². The Morgan fingerprint density at radius 2 is 1.82 bits per heavy atom. The van der Waals surface area contributed by atoms with Crippen molar-refractivity contribution in [2.75, 3.05) is 5.75 Å². The van der Waals surface area contributed by atoms with Crippen LogP contribution in [-0.2, 0) is 11.2 Å². The first kappa shape index (κ1) is 15.3. The van der Waals surface area contributed by atoms with Gasteiger partial charge in [0.2, 0.25) is 5.91 Å². The molecular formula is C18H17NOS2. The zero-order valence-electron chi connectivity index (χ0n) is 12.4. The molecule has 112 valence electrons. The number of aryl methyl sites for hydroxylation is 1. The Hall–Kier alpha value is -1.65. The molecule has 1 amide bonds. The van der Waals surface area contributed by atoms with E-state index in [1.54, 1.807) is 4.90 Å². The van der Waals surface area contributed by atoms with Crippen LogP contribution in [0, 0.1) is 6.92 Å². The molecular weight excluding hydrogens is 310 g/mol. The van der Waals surface area contributed by atoms with Crippen LogP contribution in [0.4, 0.5) is 0 Å². The first-order chi connectivity index (χ1) is 10.6. The summed E-state index contributed by atoms with van der Waals surface area (Å²) in [6.45, 7) is 2.07. The molecule has 1 saturated heterocycles. The minimum Gasteiger partial charge on any atom is -0.289 e. The van der Waals surface area contributed by atoms with Crippen LogP contribution in [0.5, 0.6) is 0 Å². The SMILES string of the molecule is Cc1ccc(C(Cc2ccccc2)N2C(=O)CSC2=S)cc1. The van der Waals surface area contributed by atoms with Crippen LogP contribution in [-0.4, -0.2) is 20.9 Å². The summed E-state index contributed by atoms with van der Waals surface area (Å²) in [5.41, 5.74) is 3.56. The lowest BCUT2D eigenvalue weighted by Gasteiger charge is -2.28. The fraction of sp³-hybridized carbons (Fsp3) is 0.222. The lowest BCUT2D eigenvalue weighted by atomic mass is 9.97. The molecule has 2 nitrogen and oxygen atoms in total. The Kier molecular flexibility index (Phi) is 4.60. The van der Waals surface area contributed by atoms with Gasteiger partial charge in [-0.2, -0.15) is 0 Å². The zero-order chi connectivity index (χ0) is 15.5. The average molecular weight is 327 g/mol. The summed E-state index contributed by atoms with van der Waals surface area (Å²) >= 11 is 6.86. The molecule has 0 saturated carbocycles. The summed E-state index contributed by atoms with van der Waals surface area (Å²) in [5, 5.41) is 0. The minimum absolute atomic E-state index is 0.0296. The highest BCUT2D eigenvalue weighted by Gasteiger charge is 2.34. The van der Waals surface area contributed by atoms with Gasteiger partial charge in [-0.3, -0.25) is 9.69 Å². The van der Waals surface area contributed by atoms with Gasteiger partial charge < -0.3 is 0 Å². The van der Waals surface area contributed by atoms with Crippen molar-refractivity contribution in [2.45, 2.75) is 19.4 Å². The molecule has 2 aromatic carbocycles. The van der Waals surface area contributed by atoms with E-state index in [0.717, 1.165) is 12.0 Å². The van der Waals surface area contributed by atoms with E-state index in [9.17, 15) is 4.79 Å². The number of benzene rings is 2. The number of carbonyl (C=O) groups is 1. The Balaban J connectivity index is 1.96. The number of hydrogen-bond donors (Lipinski definition) is 0. The van der Waals surface area contributed by atoms with Crippen LogP contribution in [0.2, 0.25) is 0 Å². The Bertz CT molecular complexity index is 666. The molecule has 1 atom stereocenters. The number of rotatable bonds is 4. The largest absolute Gasteiger partial charge is 0.289 e. The van der Waals surface area contributed by atoms with Crippen LogP contribution in [0.1, 0.15) is 22.7 Å². The molecule has 0 aromatic heterocycles. The van der Waals surface area contributed by atoms with Crippen molar-refractivity contribution in [1.82, 2.24) is 4.90 Å². The molecule has 0 spiro atoms. The highest BCUT2D eigenvalue weighted by molar-refractivity contribution is 8.23. The first-order valence-electron chi connectivity index (χ1n) is 7.24. The molecule has 1 aliphatic heterocycles. The van der Waals surface area contributed by atoms with Crippen LogP contribution >= 0.6 is 24.0 Å². The summed E-state index contributed by atoms with van der Waals surface area (Å²) < 4.78 is 0.687. The van der Waals surface area contributed by atoms with Gasteiger partial charge in [-0.15, -0.1) is 0 Å². The van der Waals surface area contributed by atoms with E-state index in [-0.39, 0.29) is 11.9 Å². The minimum atomic E-state index is -0.0296. The van der Waals surface area contributed by atoms with Gasteiger partial charge in [0.15, 0.2) is 0 Å². The molecule has 3 rings (SSSR count). The molecule has 0 bridgehead atoms. The lowest BCUT2D eigenvalue weighted by Crippen LogP contribution is -2.34. The maximum atomic E-state index is 12.3. The van der Waals surface area contributed by atoms with Crippen LogP contribution in [0.15, 0.2) is 54.6 Å². The number of amides is 1. The van der Waals surface area contributed by atoms with Crippen molar-refractivity contribution in [3.8, 4) is 0 Å². The second kappa shape index (κ2) is 6.63. The highest BCUT2D eigenvalue weighted by atomic mass is 32.2. The van der Waals surface area contributed by atoms with Gasteiger partial charge in [0.25, 0.3) is 0 Å². The van der Waals surface area contributed by atoms with E-state index in [4.69, 9.17) is 12.2 Å². The topological polar surface area (TPSA) is 20.3 Å². The third kappa shape index (κ3) is 3.23. The van der Waals surface area contributed by atoms with Gasteiger partial charge in [0, 0.05) is 0 Å². The number of hydrogen-bond acceptors (Lipinski definition) is 3. The normalized spacial score (nSPS) is 16.1. The van der Waals surface area contributed by atoms with Gasteiger partial charge in [0.05, 0.1) is 11.8 Å². The second-order valence-corrected chi connectivity index (χ2v) is 7.04. The van der Waals surface area contributed by atoms with Crippen molar-refractivity contribution in [1.29, 1.82) is 0 Å². The fourth-order valence-electron chi connectivity index (χ4n) is 2.65. The third-order valence-corrected chi connectivity index (χ3v) is 5.22. The van der Waals surface area contributed by atoms with E-state index in [0.29, 0.717) is 10.1 Å². The van der Waals surface area contributed by atoms with Crippen molar-refractivity contribution in [3.05, 3.63) is 71.3 Å².